The van der Waals surface area contributed by atoms with Crippen LogP contribution in [0.1, 0.15) is 27.2 Å². The highest BCUT2D eigenvalue weighted by Crippen LogP contribution is 1.81. The van der Waals surface area contributed by atoms with Gasteiger partial charge in [-0.3, -0.25) is 0 Å². The summed E-state index contributed by atoms with van der Waals surface area (Å²) in [5.41, 5.74) is 0.176. The highest BCUT2D eigenvalue weighted by molar-refractivity contribution is 5.84. The highest BCUT2D eigenvalue weighted by atomic mass is 16.4. The number of hydrogen-bond donors (Lipinski definition) is 3. The highest BCUT2D eigenvalue weighted by Gasteiger charge is 1.90. The van der Waals surface area contributed by atoms with E-state index in [1.165, 1.54) is 13.3 Å². The zero-order valence-corrected chi connectivity index (χ0v) is 11.5. The molecule has 3 N–H and O–H groups in total. The molecule has 0 heterocycles. The molecule has 6 heteroatoms. The Bertz CT molecular complexity index is 274. The maximum absolute atomic E-state index is 9.60. The topological polar surface area (TPSA) is 112 Å². The van der Waals surface area contributed by atoms with Gasteiger partial charge in [0.1, 0.15) is 0 Å². The van der Waals surface area contributed by atoms with E-state index in [1.54, 1.807) is 0 Å². The van der Waals surface area contributed by atoms with E-state index in [0.717, 1.165) is 12.2 Å². The Balaban J connectivity index is -0.0000000811. The summed E-state index contributed by atoms with van der Waals surface area (Å²) < 4.78 is 0. The summed E-state index contributed by atoms with van der Waals surface area (Å²) in [5.74, 6) is -2.90. The molecule has 0 saturated carbocycles. The van der Waals surface area contributed by atoms with E-state index in [0.29, 0.717) is 0 Å². The molecule has 19 heavy (non-hydrogen) atoms. The van der Waals surface area contributed by atoms with Crippen molar-refractivity contribution < 1.29 is 29.7 Å². The second kappa shape index (κ2) is 21.0. The van der Waals surface area contributed by atoms with Crippen molar-refractivity contribution in [2.75, 3.05) is 0 Å². The summed E-state index contributed by atoms with van der Waals surface area (Å²) in [5, 5.41) is 23.1. The molecule has 0 saturated heterocycles. The molecule has 0 aliphatic heterocycles. The number of aliphatic carboxylic acids is 3. The summed E-state index contributed by atoms with van der Waals surface area (Å²) in [7, 11) is 0. The standard InChI is InChI=1S/C4H6O2.2C3H4O2.C3H8/c1-3(2)4(5)6;2*1-2-3(4)5;1-3-2/h1H2,2H3,(H,5,6);2*2H,1H2,(H,4,5);3H2,1-2H3. The van der Waals surface area contributed by atoms with E-state index in [9.17, 15) is 14.4 Å². The van der Waals surface area contributed by atoms with Crippen LogP contribution in [0.15, 0.2) is 37.5 Å². The van der Waals surface area contributed by atoms with Gasteiger partial charge in [0.05, 0.1) is 0 Å². The van der Waals surface area contributed by atoms with Gasteiger partial charge in [-0.15, -0.1) is 0 Å². The molecule has 0 unspecified atom stereocenters. The summed E-state index contributed by atoms with van der Waals surface area (Å²) >= 11 is 0. The van der Waals surface area contributed by atoms with Crippen LogP contribution < -0.4 is 0 Å². The van der Waals surface area contributed by atoms with Crippen molar-refractivity contribution >= 4 is 17.9 Å². The van der Waals surface area contributed by atoms with Crippen molar-refractivity contribution in [2.45, 2.75) is 27.2 Å². The van der Waals surface area contributed by atoms with Crippen LogP contribution in [0.2, 0.25) is 0 Å². The first-order chi connectivity index (χ1) is 8.60. The van der Waals surface area contributed by atoms with Gasteiger partial charge in [0, 0.05) is 17.7 Å². The average molecular weight is 274 g/mol. The lowest BCUT2D eigenvalue weighted by atomic mass is 10.4. The molecule has 0 aromatic carbocycles. The molecule has 110 valence electrons. The summed E-state index contributed by atoms with van der Waals surface area (Å²) in [4.78, 5) is 28.1. The largest absolute Gasteiger partial charge is 0.478 e. The fourth-order valence-electron chi connectivity index (χ4n) is 0. The van der Waals surface area contributed by atoms with E-state index in [1.807, 2.05) is 0 Å². The SMILES string of the molecule is C=C(C)C(=O)O.C=CC(=O)O.C=CC(=O)O.CCC. The number of carbonyl (C=O) groups is 3. The van der Waals surface area contributed by atoms with Crippen LogP contribution >= 0.6 is 0 Å². The number of hydrogen-bond acceptors (Lipinski definition) is 3. The Morgan fingerprint density at radius 1 is 0.947 bits per heavy atom. The monoisotopic (exact) mass is 274 g/mol. The minimum atomic E-state index is -0.981. The fourth-order valence-corrected chi connectivity index (χ4v) is 0. The zero-order chi connectivity index (χ0) is 16.4. The molecule has 0 bridgehead atoms. The molecule has 0 rings (SSSR count). The quantitative estimate of drug-likeness (QED) is 0.682. The molecule has 0 fully saturated rings. The normalized spacial score (nSPS) is 6.68. The molecule has 0 aromatic heterocycles. The van der Waals surface area contributed by atoms with Gasteiger partial charge in [-0.1, -0.05) is 40.0 Å². The molecule has 0 aliphatic carbocycles. The minimum absolute atomic E-state index is 0.176. The average Bonchev–Trinajstić information content (AvgIpc) is 2.31. The Morgan fingerprint density at radius 3 is 1.05 bits per heavy atom. The Hall–Kier alpha value is -2.37. The molecule has 0 amide bonds. The molecule has 0 spiro atoms. The van der Waals surface area contributed by atoms with Crippen molar-refractivity contribution in [1.82, 2.24) is 0 Å². The van der Waals surface area contributed by atoms with Gasteiger partial charge in [-0.05, 0) is 6.92 Å². The van der Waals surface area contributed by atoms with Gasteiger partial charge < -0.3 is 15.3 Å². The van der Waals surface area contributed by atoms with Gasteiger partial charge in [0.15, 0.2) is 0 Å². The van der Waals surface area contributed by atoms with Crippen LogP contribution in [0.3, 0.4) is 0 Å². The van der Waals surface area contributed by atoms with Crippen LogP contribution in [-0.2, 0) is 14.4 Å². The third-order valence-corrected chi connectivity index (χ3v) is 0.714. The minimum Gasteiger partial charge on any atom is -0.478 e. The van der Waals surface area contributed by atoms with E-state index < -0.39 is 17.9 Å². The third kappa shape index (κ3) is 91.6. The molecule has 0 radical (unpaired) electrons. The van der Waals surface area contributed by atoms with Gasteiger partial charge in [-0.25, -0.2) is 14.4 Å². The zero-order valence-electron chi connectivity index (χ0n) is 11.5. The van der Waals surface area contributed by atoms with Gasteiger partial charge >= 0.3 is 17.9 Å². The van der Waals surface area contributed by atoms with Crippen LogP contribution in [0.25, 0.3) is 0 Å². The first-order valence-electron chi connectivity index (χ1n) is 5.19. The molecular formula is C13H22O6. The second-order valence-corrected chi connectivity index (χ2v) is 2.88. The summed E-state index contributed by atoms with van der Waals surface area (Å²) in [6, 6.07) is 0. The number of carboxylic acid groups (broad SMARTS) is 3. The first-order valence-corrected chi connectivity index (χ1v) is 5.19. The lowest BCUT2D eigenvalue weighted by Gasteiger charge is -1.79. The van der Waals surface area contributed by atoms with Crippen molar-refractivity contribution in [1.29, 1.82) is 0 Å². The van der Waals surface area contributed by atoms with Crippen LogP contribution in [0.4, 0.5) is 0 Å². The maximum atomic E-state index is 9.60. The maximum Gasteiger partial charge on any atom is 0.330 e. The predicted molar refractivity (Wildman–Crippen MR) is 74.1 cm³/mol. The van der Waals surface area contributed by atoms with Gasteiger partial charge in [0.25, 0.3) is 0 Å². The van der Waals surface area contributed by atoms with Crippen molar-refractivity contribution in [2.24, 2.45) is 0 Å². The van der Waals surface area contributed by atoms with Crippen LogP contribution in [-0.4, -0.2) is 33.2 Å². The molecule has 6 nitrogen and oxygen atoms in total. The predicted octanol–water partition coefficient (Wildman–Crippen LogP) is 2.58. The third-order valence-electron chi connectivity index (χ3n) is 0.714. The van der Waals surface area contributed by atoms with Crippen LogP contribution in [0.5, 0.6) is 0 Å². The number of carboxylic acids is 3. The lowest BCUT2D eigenvalue weighted by molar-refractivity contribution is -0.133. The molecule has 0 atom stereocenters. The summed E-state index contributed by atoms with van der Waals surface area (Å²) in [6.45, 7) is 14.8. The van der Waals surface area contributed by atoms with E-state index >= 15 is 0 Å². The van der Waals surface area contributed by atoms with Crippen molar-refractivity contribution in [3.05, 3.63) is 37.5 Å². The lowest BCUT2D eigenvalue weighted by Crippen LogP contribution is -1.92. The molecule has 0 aliphatic rings. The van der Waals surface area contributed by atoms with Gasteiger partial charge in [-0.2, -0.15) is 0 Å². The van der Waals surface area contributed by atoms with E-state index in [-0.39, 0.29) is 5.57 Å². The van der Waals surface area contributed by atoms with Crippen molar-refractivity contribution in [3.63, 3.8) is 0 Å². The van der Waals surface area contributed by atoms with Crippen LogP contribution in [0, 0.1) is 0 Å². The summed E-state index contributed by atoms with van der Waals surface area (Å²) in [6.07, 6.45) is 2.92. The molecule has 0 aromatic rings. The Labute approximate surface area is 113 Å². The van der Waals surface area contributed by atoms with E-state index in [2.05, 4.69) is 33.6 Å². The van der Waals surface area contributed by atoms with Crippen molar-refractivity contribution in [3.8, 4) is 0 Å². The first kappa shape index (κ1) is 25.5. The Morgan fingerprint density at radius 2 is 1.05 bits per heavy atom. The Kier molecular flexibility index (Phi) is 28.1. The van der Waals surface area contributed by atoms with Gasteiger partial charge in [0.2, 0.25) is 0 Å². The second-order valence-electron chi connectivity index (χ2n) is 2.88. The number of rotatable bonds is 3. The molecular weight excluding hydrogens is 252 g/mol. The fraction of sp³-hybridized carbons (Fsp3) is 0.308. The smallest absolute Gasteiger partial charge is 0.330 e. The van der Waals surface area contributed by atoms with E-state index in [4.69, 9.17) is 15.3 Å².